The minimum absolute atomic E-state index is 0.259. The Kier molecular flexibility index (Phi) is 4.97. The van der Waals surface area contributed by atoms with Crippen LogP contribution in [0.4, 0.5) is 5.82 Å². The third-order valence-corrected chi connectivity index (χ3v) is 4.70. The second-order valence-electron chi connectivity index (χ2n) is 6.42. The summed E-state index contributed by atoms with van der Waals surface area (Å²) in [5.74, 6) is 1.76. The Labute approximate surface area is 123 Å². The van der Waals surface area contributed by atoms with Gasteiger partial charge in [0.2, 0.25) is 0 Å². The highest BCUT2D eigenvalue weighted by atomic mass is 15.2. The smallest absolute Gasteiger partial charge is 0.129 e. The van der Waals surface area contributed by atoms with Crippen LogP contribution in [0.5, 0.6) is 0 Å². The van der Waals surface area contributed by atoms with Gasteiger partial charge in [0.25, 0.3) is 0 Å². The lowest BCUT2D eigenvalue weighted by Gasteiger charge is -2.45. The Morgan fingerprint density at radius 3 is 2.85 bits per heavy atom. The van der Waals surface area contributed by atoms with Crippen LogP contribution in [0.25, 0.3) is 0 Å². The third kappa shape index (κ3) is 3.48. The van der Waals surface area contributed by atoms with E-state index in [-0.39, 0.29) is 5.54 Å². The maximum absolute atomic E-state index is 4.34. The summed E-state index contributed by atoms with van der Waals surface area (Å²) in [6.07, 6.45) is 7.83. The van der Waals surface area contributed by atoms with Crippen LogP contribution in [0, 0.1) is 5.92 Å². The van der Waals surface area contributed by atoms with E-state index in [1.165, 1.54) is 25.7 Å². The summed E-state index contributed by atoms with van der Waals surface area (Å²) in [5, 5.41) is 3.54. The summed E-state index contributed by atoms with van der Waals surface area (Å²) in [5.41, 5.74) is 1.35. The first-order valence-electron chi connectivity index (χ1n) is 7.78. The van der Waals surface area contributed by atoms with E-state index in [1.54, 1.807) is 6.33 Å². The minimum Gasteiger partial charge on any atom is -0.368 e. The van der Waals surface area contributed by atoms with Crippen molar-refractivity contribution in [3.8, 4) is 0 Å². The lowest BCUT2D eigenvalue weighted by Crippen LogP contribution is -2.52. The molecular formula is C16H28N4. The van der Waals surface area contributed by atoms with Crippen molar-refractivity contribution in [2.24, 2.45) is 5.92 Å². The van der Waals surface area contributed by atoms with Crippen LogP contribution in [-0.4, -0.2) is 41.0 Å². The Hall–Kier alpha value is -1.16. The van der Waals surface area contributed by atoms with Crippen LogP contribution in [-0.2, 0) is 6.42 Å². The molecule has 1 saturated carbocycles. The first kappa shape index (κ1) is 15.2. The Morgan fingerprint density at radius 2 is 2.20 bits per heavy atom. The molecule has 1 aromatic rings. The van der Waals surface area contributed by atoms with Crippen molar-refractivity contribution in [2.75, 3.05) is 26.0 Å². The molecule has 0 aliphatic heterocycles. The topological polar surface area (TPSA) is 41.0 Å². The van der Waals surface area contributed by atoms with Crippen LogP contribution in [0.1, 0.15) is 45.2 Å². The molecule has 1 aromatic heterocycles. The van der Waals surface area contributed by atoms with E-state index >= 15 is 0 Å². The zero-order valence-electron chi connectivity index (χ0n) is 13.3. The van der Waals surface area contributed by atoms with Gasteiger partial charge >= 0.3 is 0 Å². The summed E-state index contributed by atoms with van der Waals surface area (Å²) in [6, 6.07) is 2.07. The largest absolute Gasteiger partial charge is 0.368 e. The first-order valence-corrected chi connectivity index (χ1v) is 7.78. The van der Waals surface area contributed by atoms with Gasteiger partial charge in [-0.25, -0.2) is 9.97 Å². The molecule has 4 nitrogen and oxygen atoms in total. The van der Waals surface area contributed by atoms with Crippen molar-refractivity contribution in [3.05, 3.63) is 18.1 Å². The van der Waals surface area contributed by atoms with E-state index in [0.717, 1.165) is 30.4 Å². The number of aromatic nitrogens is 2. The molecule has 1 heterocycles. The molecule has 0 bridgehead atoms. The summed E-state index contributed by atoms with van der Waals surface area (Å²) in [6.45, 7) is 5.46. The lowest BCUT2D eigenvalue weighted by atomic mass is 9.75. The first-order chi connectivity index (χ1) is 9.55. The molecule has 4 heteroatoms. The maximum Gasteiger partial charge on any atom is 0.129 e. The molecular weight excluding hydrogens is 248 g/mol. The quantitative estimate of drug-likeness (QED) is 0.897. The van der Waals surface area contributed by atoms with Gasteiger partial charge in [0.15, 0.2) is 0 Å². The van der Waals surface area contributed by atoms with Gasteiger partial charge in [-0.15, -0.1) is 0 Å². The molecule has 1 N–H and O–H groups in total. The van der Waals surface area contributed by atoms with Crippen LogP contribution in [0.3, 0.4) is 0 Å². The summed E-state index contributed by atoms with van der Waals surface area (Å²) < 4.78 is 0. The molecule has 0 saturated heterocycles. The fourth-order valence-electron chi connectivity index (χ4n) is 3.30. The van der Waals surface area contributed by atoms with Gasteiger partial charge < -0.3 is 10.2 Å². The van der Waals surface area contributed by atoms with Gasteiger partial charge in [-0.1, -0.05) is 26.7 Å². The molecule has 0 aromatic carbocycles. The molecule has 0 amide bonds. The maximum atomic E-state index is 4.34. The predicted molar refractivity (Wildman–Crippen MR) is 83.9 cm³/mol. The average Bonchev–Trinajstić information content (AvgIpc) is 2.45. The van der Waals surface area contributed by atoms with Gasteiger partial charge in [-0.2, -0.15) is 0 Å². The normalized spacial score (nSPS) is 26.8. The number of anilines is 1. The standard InChI is InChI=1S/C16H28N4/c1-5-14-9-15(19-12-18-14)17-11-16(20(3)4)8-6-7-13(2)10-16/h9,12-13H,5-8,10-11H2,1-4H3,(H,17,18,19). The Balaban J connectivity index is 2.05. The zero-order valence-corrected chi connectivity index (χ0v) is 13.3. The highest BCUT2D eigenvalue weighted by Gasteiger charge is 2.36. The highest BCUT2D eigenvalue weighted by Crippen LogP contribution is 2.35. The van der Waals surface area contributed by atoms with Gasteiger partial charge in [0.05, 0.1) is 0 Å². The molecule has 0 radical (unpaired) electrons. The van der Waals surface area contributed by atoms with Crippen LogP contribution < -0.4 is 5.32 Å². The molecule has 112 valence electrons. The number of aryl methyl sites for hydroxylation is 1. The lowest BCUT2D eigenvalue weighted by molar-refractivity contribution is 0.0881. The van der Waals surface area contributed by atoms with Crippen molar-refractivity contribution in [1.82, 2.24) is 14.9 Å². The van der Waals surface area contributed by atoms with E-state index in [0.29, 0.717) is 0 Å². The fraction of sp³-hybridized carbons (Fsp3) is 0.750. The molecule has 0 spiro atoms. The number of nitrogens with one attached hydrogen (secondary N) is 1. The van der Waals surface area contributed by atoms with E-state index in [9.17, 15) is 0 Å². The number of nitrogens with zero attached hydrogens (tertiary/aromatic N) is 3. The molecule has 2 atom stereocenters. The van der Waals surface area contributed by atoms with Crippen molar-refractivity contribution in [2.45, 2.75) is 51.5 Å². The van der Waals surface area contributed by atoms with Gasteiger partial charge in [0, 0.05) is 23.8 Å². The van der Waals surface area contributed by atoms with E-state index in [4.69, 9.17) is 0 Å². The molecule has 2 unspecified atom stereocenters. The Bertz CT molecular complexity index is 432. The second kappa shape index (κ2) is 6.53. The van der Waals surface area contributed by atoms with E-state index in [2.05, 4.69) is 54.2 Å². The van der Waals surface area contributed by atoms with Crippen molar-refractivity contribution in [3.63, 3.8) is 0 Å². The monoisotopic (exact) mass is 276 g/mol. The minimum atomic E-state index is 0.259. The van der Waals surface area contributed by atoms with Crippen molar-refractivity contribution < 1.29 is 0 Å². The highest BCUT2D eigenvalue weighted by molar-refractivity contribution is 5.35. The SMILES string of the molecule is CCc1cc(NCC2(N(C)C)CCCC(C)C2)ncn1. The van der Waals surface area contributed by atoms with Crippen molar-refractivity contribution >= 4 is 5.82 Å². The molecule has 1 aliphatic carbocycles. The Morgan fingerprint density at radius 1 is 1.40 bits per heavy atom. The summed E-state index contributed by atoms with van der Waals surface area (Å²) in [7, 11) is 4.41. The van der Waals surface area contributed by atoms with Crippen LogP contribution in [0.15, 0.2) is 12.4 Å². The fourth-order valence-corrected chi connectivity index (χ4v) is 3.30. The van der Waals surface area contributed by atoms with Crippen LogP contribution >= 0.6 is 0 Å². The third-order valence-electron chi connectivity index (χ3n) is 4.70. The number of rotatable bonds is 5. The average molecular weight is 276 g/mol. The number of hydrogen-bond donors (Lipinski definition) is 1. The number of hydrogen-bond acceptors (Lipinski definition) is 4. The van der Waals surface area contributed by atoms with E-state index in [1.807, 2.05) is 0 Å². The second-order valence-corrected chi connectivity index (χ2v) is 6.42. The zero-order chi connectivity index (χ0) is 14.6. The molecule has 1 fully saturated rings. The molecule has 20 heavy (non-hydrogen) atoms. The molecule has 1 aliphatic rings. The van der Waals surface area contributed by atoms with Gasteiger partial charge in [0.1, 0.15) is 12.1 Å². The van der Waals surface area contributed by atoms with Gasteiger partial charge in [-0.05, 0) is 39.3 Å². The van der Waals surface area contributed by atoms with E-state index < -0.39 is 0 Å². The summed E-state index contributed by atoms with van der Waals surface area (Å²) in [4.78, 5) is 11.0. The van der Waals surface area contributed by atoms with Crippen LogP contribution in [0.2, 0.25) is 0 Å². The van der Waals surface area contributed by atoms with Gasteiger partial charge in [-0.3, -0.25) is 0 Å². The molecule has 2 rings (SSSR count). The summed E-state index contributed by atoms with van der Waals surface area (Å²) >= 11 is 0. The number of likely N-dealkylation sites (N-methyl/N-ethyl adjacent to an activating group) is 1. The van der Waals surface area contributed by atoms with Crippen molar-refractivity contribution in [1.29, 1.82) is 0 Å². The predicted octanol–water partition coefficient (Wildman–Crippen LogP) is 2.96.